The van der Waals surface area contributed by atoms with Crippen LogP contribution in [0.3, 0.4) is 0 Å². The molecule has 1 aromatic carbocycles. The molecule has 0 radical (unpaired) electrons. The number of nitrogens with one attached hydrogen (secondary N) is 1. The van der Waals surface area contributed by atoms with Crippen molar-refractivity contribution in [3.05, 3.63) is 29.8 Å². The van der Waals surface area contributed by atoms with Crippen LogP contribution >= 0.6 is 0 Å². The third-order valence-corrected chi connectivity index (χ3v) is 4.50. The van der Waals surface area contributed by atoms with Crippen molar-refractivity contribution >= 4 is 6.09 Å². The van der Waals surface area contributed by atoms with E-state index in [1.165, 1.54) is 5.56 Å². The fraction of sp³-hybridized carbons (Fsp3) is 0.588. The molecule has 4 heteroatoms. The standard InChI is InChI=1S/C17H23NO3/c1-15(2,3)21-14(19)18-17-9-16(10-17,11-17)12-5-7-13(20-4)8-6-12/h5-8H,9-11H2,1-4H3,(H,18,19). The fourth-order valence-electron chi connectivity index (χ4n) is 3.69. The number of hydrogen-bond acceptors (Lipinski definition) is 3. The van der Waals surface area contributed by atoms with Crippen molar-refractivity contribution in [2.75, 3.05) is 7.11 Å². The van der Waals surface area contributed by atoms with E-state index >= 15 is 0 Å². The lowest BCUT2D eigenvalue weighted by Gasteiger charge is -2.70. The topological polar surface area (TPSA) is 47.6 Å². The smallest absolute Gasteiger partial charge is 0.408 e. The first-order valence-corrected chi connectivity index (χ1v) is 7.42. The van der Waals surface area contributed by atoms with Gasteiger partial charge in [0.25, 0.3) is 0 Å². The van der Waals surface area contributed by atoms with Gasteiger partial charge in [0, 0.05) is 11.0 Å². The molecule has 4 rings (SSSR count). The van der Waals surface area contributed by atoms with Gasteiger partial charge in [-0.3, -0.25) is 0 Å². The summed E-state index contributed by atoms with van der Waals surface area (Å²) in [5.74, 6) is 0.881. The van der Waals surface area contributed by atoms with Gasteiger partial charge in [-0.1, -0.05) is 12.1 Å². The number of alkyl carbamates (subject to hydrolysis) is 1. The van der Waals surface area contributed by atoms with Gasteiger partial charge in [-0.15, -0.1) is 0 Å². The molecule has 4 nitrogen and oxygen atoms in total. The van der Waals surface area contributed by atoms with Crippen LogP contribution in [0, 0.1) is 0 Å². The molecule has 3 aliphatic carbocycles. The van der Waals surface area contributed by atoms with Gasteiger partial charge in [0.15, 0.2) is 0 Å². The molecule has 0 heterocycles. The van der Waals surface area contributed by atoms with Crippen LogP contribution in [0.25, 0.3) is 0 Å². The average Bonchev–Trinajstić information content (AvgIpc) is 2.30. The lowest BCUT2D eigenvalue weighted by molar-refractivity contribution is -0.0884. The quantitative estimate of drug-likeness (QED) is 0.927. The lowest BCUT2D eigenvalue weighted by atomic mass is 9.37. The van der Waals surface area contributed by atoms with Crippen molar-refractivity contribution in [2.45, 2.75) is 56.6 Å². The third-order valence-electron chi connectivity index (χ3n) is 4.50. The summed E-state index contributed by atoms with van der Waals surface area (Å²) < 4.78 is 10.5. The van der Waals surface area contributed by atoms with Crippen molar-refractivity contribution in [3.63, 3.8) is 0 Å². The molecule has 114 valence electrons. The van der Waals surface area contributed by atoms with Crippen LogP contribution in [-0.2, 0) is 10.2 Å². The Morgan fingerprint density at radius 2 is 1.71 bits per heavy atom. The molecular weight excluding hydrogens is 266 g/mol. The first-order valence-electron chi connectivity index (χ1n) is 7.42. The third kappa shape index (κ3) is 2.47. The Kier molecular flexibility index (Phi) is 2.98. The highest BCUT2D eigenvalue weighted by Crippen LogP contribution is 2.67. The van der Waals surface area contributed by atoms with Crippen LogP contribution in [0.5, 0.6) is 5.75 Å². The van der Waals surface area contributed by atoms with Gasteiger partial charge < -0.3 is 14.8 Å². The minimum atomic E-state index is -0.443. The SMILES string of the molecule is COc1ccc(C23CC(NC(=O)OC(C)(C)C)(C2)C3)cc1. The van der Waals surface area contributed by atoms with Crippen molar-refractivity contribution in [1.29, 1.82) is 0 Å². The Bertz CT molecular complexity index is 537. The number of carbonyl (C=O) groups excluding carboxylic acids is 1. The van der Waals surface area contributed by atoms with Crippen molar-refractivity contribution < 1.29 is 14.3 Å². The fourth-order valence-corrected chi connectivity index (χ4v) is 3.69. The van der Waals surface area contributed by atoms with Gasteiger partial charge in [0.2, 0.25) is 0 Å². The molecule has 3 aliphatic rings. The molecule has 0 aliphatic heterocycles. The molecule has 3 saturated carbocycles. The molecule has 1 N–H and O–H groups in total. The summed E-state index contributed by atoms with van der Waals surface area (Å²) in [7, 11) is 1.68. The predicted molar refractivity (Wildman–Crippen MR) is 80.6 cm³/mol. The zero-order chi connectivity index (χ0) is 15.3. The second-order valence-electron chi connectivity index (χ2n) is 7.45. The molecule has 0 spiro atoms. The molecule has 1 amide bonds. The number of amides is 1. The maximum absolute atomic E-state index is 11.9. The van der Waals surface area contributed by atoms with Crippen molar-refractivity contribution in [3.8, 4) is 5.75 Å². The normalized spacial score (nSPS) is 29.9. The van der Waals surface area contributed by atoms with E-state index < -0.39 is 5.60 Å². The van der Waals surface area contributed by atoms with Gasteiger partial charge in [-0.05, 0) is 57.7 Å². The van der Waals surface area contributed by atoms with Crippen LogP contribution in [-0.4, -0.2) is 24.3 Å². The number of hydrogen-bond donors (Lipinski definition) is 1. The van der Waals surface area contributed by atoms with Crippen molar-refractivity contribution in [2.24, 2.45) is 0 Å². The highest BCUT2D eigenvalue weighted by atomic mass is 16.6. The number of benzene rings is 1. The molecule has 1 aromatic rings. The van der Waals surface area contributed by atoms with E-state index in [2.05, 4.69) is 17.4 Å². The van der Waals surface area contributed by atoms with E-state index in [0.29, 0.717) is 0 Å². The van der Waals surface area contributed by atoms with E-state index in [1.54, 1.807) is 7.11 Å². The Morgan fingerprint density at radius 1 is 1.14 bits per heavy atom. The molecule has 0 atom stereocenters. The van der Waals surface area contributed by atoms with Gasteiger partial charge in [0.05, 0.1) is 7.11 Å². The van der Waals surface area contributed by atoms with E-state index in [0.717, 1.165) is 25.0 Å². The predicted octanol–water partition coefficient (Wildman–Crippen LogP) is 3.39. The van der Waals surface area contributed by atoms with Crippen LogP contribution in [0.1, 0.15) is 45.6 Å². The molecule has 2 bridgehead atoms. The van der Waals surface area contributed by atoms with E-state index in [9.17, 15) is 4.79 Å². The molecule has 21 heavy (non-hydrogen) atoms. The molecular formula is C17H23NO3. The zero-order valence-electron chi connectivity index (χ0n) is 13.2. The van der Waals surface area contributed by atoms with Crippen LogP contribution in [0.4, 0.5) is 4.79 Å². The van der Waals surface area contributed by atoms with Crippen LogP contribution < -0.4 is 10.1 Å². The molecule has 0 unspecified atom stereocenters. The molecule has 0 saturated heterocycles. The van der Waals surface area contributed by atoms with Gasteiger partial charge in [-0.25, -0.2) is 4.79 Å². The van der Waals surface area contributed by atoms with E-state index in [1.807, 2.05) is 32.9 Å². The Morgan fingerprint density at radius 3 is 2.19 bits per heavy atom. The highest BCUT2D eigenvalue weighted by Gasteiger charge is 2.69. The summed E-state index contributed by atoms with van der Waals surface area (Å²) in [6.07, 6.45) is 2.72. The Balaban J connectivity index is 1.58. The largest absolute Gasteiger partial charge is 0.497 e. The maximum atomic E-state index is 11.9. The number of ether oxygens (including phenoxy) is 2. The summed E-state index contributed by atoms with van der Waals surface area (Å²) in [6, 6.07) is 8.28. The molecule has 0 aromatic heterocycles. The molecule has 3 fully saturated rings. The number of methoxy groups -OCH3 is 1. The minimum Gasteiger partial charge on any atom is -0.497 e. The summed E-state index contributed by atoms with van der Waals surface area (Å²) >= 11 is 0. The second-order valence-corrected chi connectivity index (χ2v) is 7.45. The summed E-state index contributed by atoms with van der Waals surface area (Å²) in [5, 5.41) is 3.05. The minimum absolute atomic E-state index is 0.0394. The first-order chi connectivity index (χ1) is 9.76. The first kappa shape index (κ1) is 14.2. The highest BCUT2D eigenvalue weighted by molar-refractivity contribution is 5.70. The van der Waals surface area contributed by atoms with E-state index in [4.69, 9.17) is 9.47 Å². The lowest BCUT2D eigenvalue weighted by Crippen LogP contribution is -2.76. The van der Waals surface area contributed by atoms with Gasteiger partial charge in [-0.2, -0.15) is 0 Å². The Labute approximate surface area is 125 Å². The van der Waals surface area contributed by atoms with Crippen LogP contribution in [0.2, 0.25) is 0 Å². The van der Waals surface area contributed by atoms with Crippen LogP contribution in [0.15, 0.2) is 24.3 Å². The summed E-state index contributed by atoms with van der Waals surface area (Å²) in [5.41, 5.74) is 1.11. The van der Waals surface area contributed by atoms with Crippen molar-refractivity contribution in [1.82, 2.24) is 5.32 Å². The number of carbonyl (C=O) groups is 1. The van der Waals surface area contributed by atoms with Gasteiger partial charge in [0.1, 0.15) is 11.4 Å². The summed E-state index contributed by atoms with van der Waals surface area (Å²) in [6.45, 7) is 5.65. The number of rotatable bonds is 3. The Hall–Kier alpha value is -1.71. The zero-order valence-corrected chi connectivity index (χ0v) is 13.2. The monoisotopic (exact) mass is 289 g/mol. The van der Waals surface area contributed by atoms with Gasteiger partial charge >= 0.3 is 6.09 Å². The second kappa shape index (κ2) is 4.39. The van der Waals surface area contributed by atoms with E-state index in [-0.39, 0.29) is 17.0 Å². The summed E-state index contributed by atoms with van der Waals surface area (Å²) in [4.78, 5) is 11.9. The maximum Gasteiger partial charge on any atom is 0.408 e. The average molecular weight is 289 g/mol.